The number of piperidine rings is 1. The van der Waals surface area contributed by atoms with Gasteiger partial charge in [-0.2, -0.15) is 0 Å². The van der Waals surface area contributed by atoms with E-state index in [4.69, 9.17) is 9.15 Å². The van der Waals surface area contributed by atoms with E-state index in [1.807, 2.05) is 42.7 Å². The molecule has 246 valence electrons. The van der Waals surface area contributed by atoms with Crippen LogP contribution in [0.25, 0.3) is 22.2 Å². The number of furan rings is 1. The van der Waals surface area contributed by atoms with Crippen LogP contribution in [0.2, 0.25) is 0 Å². The molecular formula is C37H48N4O5. The van der Waals surface area contributed by atoms with E-state index in [2.05, 4.69) is 28.5 Å². The molecule has 0 spiro atoms. The zero-order valence-electron chi connectivity index (χ0n) is 27.5. The summed E-state index contributed by atoms with van der Waals surface area (Å²) in [6, 6.07) is 10.2. The van der Waals surface area contributed by atoms with Gasteiger partial charge in [-0.3, -0.25) is 14.4 Å². The highest BCUT2D eigenvalue weighted by molar-refractivity contribution is 5.94. The molecule has 3 fully saturated rings. The number of aromatic nitrogens is 1. The summed E-state index contributed by atoms with van der Waals surface area (Å²) >= 11 is 0. The largest absolute Gasteiger partial charge is 0.464 e. The van der Waals surface area contributed by atoms with Gasteiger partial charge in [0.25, 0.3) is 0 Å². The normalized spacial score (nSPS) is 25.5. The number of ether oxygens (including phenoxy) is 1. The van der Waals surface area contributed by atoms with E-state index < -0.39 is 22.9 Å². The van der Waals surface area contributed by atoms with E-state index in [1.54, 1.807) is 6.26 Å². The topological polar surface area (TPSA) is 108 Å². The average Bonchev–Trinajstić information content (AvgIpc) is 3.82. The molecule has 1 saturated carbocycles. The minimum atomic E-state index is -0.802. The summed E-state index contributed by atoms with van der Waals surface area (Å²) in [6.45, 7) is 8.50. The Bertz CT molecular complexity index is 1590. The number of carbonyl (C=O) groups is 3. The molecular weight excluding hydrogens is 580 g/mol. The van der Waals surface area contributed by atoms with Crippen molar-refractivity contribution in [2.75, 3.05) is 32.8 Å². The van der Waals surface area contributed by atoms with Crippen molar-refractivity contribution in [3.63, 3.8) is 0 Å². The molecule has 5 heterocycles. The van der Waals surface area contributed by atoms with Gasteiger partial charge in [-0.05, 0) is 76.1 Å². The van der Waals surface area contributed by atoms with Gasteiger partial charge in [0, 0.05) is 59.7 Å². The minimum Gasteiger partial charge on any atom is -0.464 e. The van der Waals surface area contributed by atoms with Crippen LogP contribution in [-0.2, 0) is 31.1 Å². The Labute approximate surface area is 271 Å². The molecule has 3 atom stereocenters. The van der Waals surface area contributed by atoms with Gasteiger partial charge in [0.05, 0.1) is 30.9 Å². The Hall–Kier alpha value is -3.59. The average molecular weight is 629 g/mol. The lowest BCUT2D eigenvalue weighted by Gasteiger charge is -2.56. The van der Waals surface area contributed by atoms with E-state index in [0.717, 1.165) is 40.8 Å². The van der Waals surface area contributed by atoms with E-state index in [9.17, 15) is 14.4 Å². The summed E-state index contributed by atoms with van der Waals surface area (Å²) < 4.78 is 11.3. The molecule has 0 radical (unpaired) electrons. The number of hydrogen-bond donors (Lipinski definition) is 2. The Balaban J connectivity index is 1.35. The predicted octanol–water partition coefficient (Wildman–Crippen LogP) is 5.78. The van der Waals surface area contributed by atoms with Crippen molar-refractivity contribution >= 4 is 28.6 Å². The number of nitrogens with zero attached hydrogens (tertiary/aromatic N) is 2. The van der Waals surface area contributed by atoms with Gasteiger partial charge in [0.1, 0.15) is 5.76 Å². The predicted molar refractivity (Wildman–Crippen MR) is 176 cm³/mol. The molecule has 7 rings (SSSR count). The monoisotopic (exact) mass is 628 g/mol. The van der Waals surface area contributed by atoms with E-state index in [-0.39, 0.29) is 24.1 Å². The highest BCUT2D eigenvalue weighted by Gasteiger charge is 2.59. The van der Waals surface area contributed by atoms with Gasteiger partial charge < -0.3 is 29.3 Å². The molecule has 2 N–H and O–H groups in total. The van der Waals surface area contributed by atoms with Crippen molar-refractivity contribution in [3.8, 4) is 11.3 Å². The van der Waals surface area contributed by atoms with Crippen LogP contribution in [0.5, 0.6) is 0 Å². The summed E-state index contributed by atoms with van der Waals surface area (Å²) in [4.78, 5) is 50.5. The molecule has 0 unspecified atom stereocenters. The number of morpholine rings is 1. The molecule has 2 aromatic heterocycles. The summed E-state index contributed by atoms with van der Waals surface area (Å²) in [6.07, 6.45) is 9.43. The molecule has 3 aliphatic heterocycles. The fourth-order valence-corrected chi connectivity index (χ4v) is 8.84. The SMILES string of the molecule is CC(C)(C)NC(=O)C[C@H]1C[C@H](C(=O)N2CCOCC2)[C@@]2(CCC3CCCC3)c3[nH]c4cc(-c5ccco5)ccc4c3CCN2C1=O. The molecule has 46 heavy (non-hydrogen) atoms. The van der Waals surface area contributed by atoms with Crippen LogP contribution in [-0.4, -0.2) is 70.9 Å². The Morgan fingerprint density at radius 2 is 1.87 bits per heavy atom. The van der Waals surface area contributed by atoms with E-state index in [0.29, 0.717) is 51.6 Å². The Morgan fingerprint density at radius 3 is 2.59 bits per heavy atom. The zero-order valence-corrected chi connectivity index (χ0v) is 27.5. The maximum absolute atomic E-state index is 14.8. The highest BCUT2D eigenvalue weighted by atomic mass is 16.5. The van der Waals surface area contributed by atoms with Gasteiger partial charge in [0.2, 0.25) is 17.7 Å². The lowest BCUT2D eigenvalue weighted by Crippen LogP contribution is -2.66. The lowest BCUT2D eigenvalue weighted by molar-refractivity contribution is -0.169. The molecule has 3 aromatic rings. The second kappa shape index (κ2) is 12.2. The first-order chi connectivity index (χ1) is 22.1. The van der Waals surface area contributed by atoms with Crippen LogP contribution in [0, 0.1) is 17.8 Å². The standard InChI is InChI=1S/C37H48N4O5/c1-36(2,3)39-32(42)23-26-21-29(35(44)40-16-19-45-20-17-40)37(14-12-24-7-4-5-8-24)33-28(13-15-41(37)34(26)43)27-11-10-25(22-30(27)38-33)31-9-6-18-46-31/h6,9-11,18,22,24,26,29,38H,4-5,7-8,12-17,19-21,23H2,1-3H3,(H,39,42)/t26-,29-,37+/m1/s1. The van der Waals surface area contributed by atoms with Crippen molar-refractivity contribution in [3.05, 3.63) is 47.9 Å². The fraction of sp³-hybridized carbons (Fsp3) is 0.595. The first-order valence-corrected chi connectivity index (χ1v) is 17.3. The number of carbonyl (C=O) groups excluding carboxylic acids is 3. The second-order valence-corrected chi connectivity index (χ2v) is 15.0. The van der Waals surface area contributed by atoms with Gasteiger partial charge >= 0.3 is 0 Å². The van der Waals surface area contributed by atoms with Crippen LogP contribution >= 0.6 is 0 Å². The van der Waals surface area contributed by atoms with Gasteiger partial charge in [-0.25, -0.2) is 0 Å². The number of amides is 3. The first kappa shape index (κ1) is 31.0. The van der Waals surface area contributed by atoms with Gasteiger partial charge in [0.15, 0.2) is 0 Å². The number of aromatic amines is 1. The maximum Gasteiger partial charge on any atom is 0.228 e. The van der Waals surface area contributed by atoms with E-state index >= 15 is 0 Å². The molecule has 1 aliphatic carbocycles. The van der Waals surface area contributed by atoms with Crippen molar-refractivity contribution in [2.24, 2.45) is 17.8 Å². The van der Waals surface area contributed by atoms with Crippen molar-refractivity contribution < 1.29 is 23.5 Å². The third-order valence-corrected chi connectivity index (χ3v) is 10.9. The molecule has 0 bridgehead atoms. The van der Waals surface area contributed by atoms with Crippen LogP contribution < -0.4 is 5.32 Å². The van der Waals surface area contributed by atoms with Crippen molar-refractivity contribution in [1.82, 2.24) is 20.1 Å². The summed E-state index contributed by atoms with van der Waals surface area (Å²) in [7, 11) is 0. The number of benzene rings is 1. The van der Waals surface area contributed by atoms with E-state index in [1.165, 1.54) is 31.2 Å². The molecule has 3 amide bonds. The number of rotatable bonds is 7. The van der Waals surface area contributed by atoms with Crippen molar-refractivity contribution in [2.45, 2.75) is 89.6 Å². The third-order valence-electron chi connectivity index (χ3n) is 10.9. The third kappa shape index (κ3) is 5.65. The molecule has 9 heteroatoms. The zero-order chi connectivity index (χ0) is 32.1. The highest BCUT2D eigenvalue weighted by Crippen LogP contribution is 2.54. The van der Waals surface area contributed by atoms with Gasteiger partial charge in [-0.15, -0.1) is 0 Å². The van der Waals surface area contributed by atoms with Crippen LogP contribution in [0.4, 0.5) is 0 Å². The van der Waals surface area contributed by atoms with Gasteiger partial charge in [-0.1, -0.05) is 37.8 Å². The number of fused-ring (bicyclic) bond motifs is 5. The maximum atomic E-state index is 14.8. The quantitative estimate of drug-likeness (QED) is 0.345. The molecule has 9 nitrogen and oxygen atoms in total. The first-order valence-electron chi connectivity index (χ1n) is 17.3. The molecule has 2 saturated heterocycles. The van der Waals surface area contributed by atoms with Crippen LogP contribution in [0.15, 0.2) is 41.0 Å². The minimum absolute atomic E-state index is 0.00193. The van der Waals surface area contributed by atoms with Crippen LogP contribution in [0.1, 0.15) is 83.4 Å². The second-order valence-electron chi connectivity index (χ2n) is 15.0. The summed E-state index contributed by atoms with van der Waals surface area (Å²) in [5, 5.41) is 4.19. The molecule has 4 aliphatic rings. The smallest absolute Gasteiger partial charge is 0.228 e. The number of nitrogens with one attached hydrogen (secondary N) is 2. The van der Waals surface area contributed by atoms with Crippen molar-refractivity contribution in [1.29, 1.82) is 0 Å². The summed E-state index contributed by atoms with van der Waals surface area (Å²) in [5.74, 6) is 0.328. The van der Waals surface area contributed by atoms with Crippen LogP contribution in [0.3, 0.4) is 0 Å². The fourth-order valence-electron chi connectivity index (χ4n) is 8.84. The Kier molecular flexibility index (Phi) is 8.24. The number of H-pyrrole nitrogens is 1. The Morgan fingerprint density at radius 1 is 1.09 bits per heavy atom. The molecule has 1 aromatic carbocycles. The lowest BCUT2D eigenvalue weighted by atomic mass is 9.64. The summed E-state index contributed by atoms with van der Waals surface area (Å²) in [5.41, 5.74) is 3.00. The number of hydrogen-bond acceptors (Lipinski definition) is 5.